The van der Waals surface area contributed by atoms with E-state index in [0.29, 0.717) is 30.9 Å². The van der Waals surface area contributed by atoms with Crippen LogP contribution in [-0.2, 0) is 4.79 Å². The molecule has 0 aliphatic rings. The Morgan fingerprint density at radius 1 is 1.33 bits per heavy atom. The van der Waals surface area contributed by atoms with Gasteiger partial charge < -0.3 is 15.8 Å². The highest BCUT2D eigenvalue weighted by molar-refractivity contribution is 5.75. The minimum atomic E-state index is 0.0908. The molecular weight excluding hydrogens is 228 g/mol. The Labute approximate surface area is 109 Å². The van der Waals surface area contributed by atoms with Crippen molar-refractivity contribution in [1.29, 1.82) is 0 Å². The van der Waals surface area contributed by atoms with Gasteiger partial charge in [-0.1, -0.05) is 25.5 Å². The van der Waals surface area contributed by atoms with E-state index in [1.54, 1.807) is 6.07 Å². The monoisotopic (exact) mass is 250 g/mol. The molecule has 0 fully saturated rings. The van der Waals surface area contributed by atoms with E-state index in [1.807, 2.05) is 18.2 Å². The van der Waals surface area contributed by atoms with Gasteiger partial charge in [0.15, 0.2) is 0 Å². The molecule has 0 heterocycles. The van der Waals surface area contributed by atoms with E-state index in [4.69, 9.17) is 10.5 Å². The molecule has 0 radical (unpaired) electrons. The van der Waals surface area contributed by atoms with E-state index in [1.165, 1.54) is 0 Å². The molecule has 4 nitrogen and oxygen atoms in total. The van der Waals surface area contributed by atoms with Gasteiger partial charge >= 0.3 is 0 Å². The topological polar surface area (TPSA) is 64.3 Å². The Morgan fingerprint density at radius 3 is 2.83 bits per heavy atom. The highest BCUT2D eigenvalue weighted by Crippen LogP contribution is 2.19. The Kier molecular flexibility index (Phi) is 6.69. The fourth-order valence-corrected chi connectivity index (χ4v) is 1.52. The number of nitrogens with two attached hydrogens (primary N) is 1. The average Bonchev–Trinajstić information content (AvgIpc) is 2.37. The van der Waals surface area contributed by atoms with E-state index in [2.05, 4.69) is 12.2 Å². The lowest BCUT2D eigenvalue weighted by molar-refractivity contribution is -0.121. The van der Waals surface area contributed by atoms with Crippen molar-refractivity contribution >= 4 is 11.6 Å². The maximum absolute atomic E-state index is 11.4. The summed E-state index contributed by atoms with van der Waals surface area (Å²) in [5.74, 6) is 0.775. The van der Waals surface area contributed by atoms with Crippen molar-refractivity contribution in [2.45, 2.75) is 32.6 Å². The third kappa shape index (κ3) is 5.57. The number of nitrogen functional groups attached to an aromatic ring is 1. The zero-order chi connectivity index (χ0) is 13.2. The molecule has 0 aliphatic carbocycles. The van der Waals surface area contributed by atoms with Gasteiger partial charge in [-0.15, -0.1) is 0 Å². The van der Waals surface area contributed by atoms with Crippen LogP contribution in [0.4, 0.5) is 5.69 Å². The highest BCUT2D eigenvalue weighted by Gasteiger charge is 2.02. The lowest BCUT2D eigenvalue weighted by Crippen LogP contribution is -2.24. The second-order valence-corrected chi connectivity index (χ2v) is 4.19. The molecule has 4 heteroatoms. The number of rotatable bonds is 8. The minimum absolute atomic E-state index is 0.0908. The molecule has 18 heavy (non-hydrogen) atoms. The molecule has 1 amide bonds. The van der Waals surface area contributed by atoms with Gasteiger partial charge in [-0.05, 0) is 25.0 Å². The van der Waals surface area contributed by atoms with Gasteiger partial charge in [0.25, 0.3) is 0 Å². The number of ether oxygens (including phenoxy) is 1. The number of nitrogens with one attached hydrogen (secondary N) is 1. The molecule has 0 aromatic heterocycles. The maximum Gasteiger partial charge on any atom is 0.220 e. The standard InChI is InChI=1S/C14H22N2O2/c1-2-3-10-16-14(17)9-6-11-18-13-8-5-4-7-12(13)15/h4-5,7-8H,2-3,6,9-11,15H2,1H3,(H,16,17). The summed E-state index contributed by atoms with van der Waals surface area (Å²) >= 11 is 0. The Hall–Kier alpha value is -1.71. The summed E-state index contributed by atoms with van der Waals surface area (Å²) in [5.41, 5.74) is 6.37. The number of anilines is 1. The summed E-state index contributed by atoms with van der Waals surface area (Å²) in [6.07, 6.45) is 3.32. The molecule has 1 aromatic carbocycles. The van der Waals surface area contributed by atoms with Crippen molar-refractivity contribution in [2.75, 3.05) is 18.9 Å². The Morgan fingerprint density at radius 2 is 2.11 bits per heavy atom. The SMILES string of the molecule is CCCCNC(=O)CCCOc1ccccc1N. The molecule has 1 rings (SSSR count). The highest BCUT2D eigenvalue weighted by atomic mass is 16.5. The number of carbonyl (C=O) groups is 1. The predicted octanol–water partition coefficient (Wildman–Crippen LogP) is 2.34. The van der Waals surface area contributed by atoms with E-state index in [0.717, 1.165) is 19.4 Å². The third-order valence-electron chi connectivity index (χ3n) is 2.58. The minimum Gasteiger partial charge on any atom is -0.491 e. The van der Waals surface area contributed by atoms with Crippen LogP contribution in [0.5, 0.6) is 5.75 Å². The van der Waals surface area contributed by atoms with Crippen molar-refractivity contribution in [3.05, 3.63) is 24.3 Å². The van der Waals surface area contributed by atoms with E-state index in [-0.39, 0.29) is 5.91 Å². The molecular formula is C14H22N2O2. The first-order valence-corrected chi connectivity index (χ1v) is 6.48. The van der Waals surface area contributed by atoms with Crippen LogP contribution in [0, 0.1) is 0 Å². The number of benzene rings is 1. The molecule has 0 saturated heterocycles. The van der Waals surface area contributed by atoms with E-state index >= 15 is 0 Å². The van der Waals surface area contributed by atoms with Gasteiger partial charge in [-0.25, -0.2) is 0 Å². The Balaban J connectivity index is 2.12. The summed E-state index contributed by atoms with van der Waals surface area (Å²) in [5, 5.41) is 2.87. The smallest absolute Gasteiger partial charge is 0.220 e. The van der Waals surface area contributed by atoms with Gasteiger partial charge in [-0.2, -0.15) is 0 Å². The van der Waals surface area contributed by atoms with Crippen LogP contribution in [0.1, 0.15) is 32.6 Å². The molecule has 0 unspecified atom stereocenters. The first-order valence-electron chi connectivity index (χ1n) is 6.48. The first-order chi connectivity index (χ1) is 8.74. The molecule has 0 aliphatic heterocycles. The van der Waals surface area contributed by atoms with Crippen molar-refractivity contribution in [2.24, 2.45) is 0 Å². The van der Waals surface area contributed by atoms with Gasteiger partial charge in [0.2, 0.25) is 5.91 Å². The van der Waals surface area contributed by atoms with Crippen molar-refractivity contribution in [3.63, 3.8) is 0 Å². The van der Waals surface area contributed by atoms with E-state index < -0.39 is 0 Å². The van der Waals surface area contributed by atoms with Gasteiger partial charge in [0.1, 0.15) is 5.75 Å². The lowest BCUT2D eigenvalue weighted by Gasteiger charge is -2.08. The van der Waals surface area contributed by atoms with Gasteiger partial charge in [0.05, 0.1) is 12.3 Å². The quantitative estimate of drug-likeness (QED) is 0.550. The fraction of sp³-hybridized carbons (Fsp3) is 0.500. The van der Waals surface area contributed by atoms with Crippen LogP contribution in [0.25, 0.3) is 0 Å². The largest absolute Gasteiger partial charge is 0.491 e. The van der Waals surface area contributed by atoms with Crippen LogP contribution in [-0.4, -0.2) is 19.1 Å². The zero-order valence-electron chi connectivity index (χ0n) is 10.9. The first kappa shape index (κ1) is 14.4. The van der Waals surface area contributed by atoms with Crippen LogP contribution in [0.2, 0.25) is 0 Å². The molecule has 0 bridgehead atoms. The summed E-state index contributed by atoms with van der Waals surface area (Å²) in [6, 6.07) is 7.37. The molecule has 3 N–H and O–H groups in total. The second kappa shape index (κ2) is 8.39. The number of unbranched alkanes of at least 4 members (excludes halogenated alkanes) is 1. The van der Waals surface area contributed by atoms with Gasteiger partial charge in [0, 0.05) is 13.0 Å². The number of para-hydroxylation sites is 2. The number of amides is 1. The third-order valence-corrected chi connectivity index (χ3v) is 2.58. The van der Waals surface area contributed by atoms with Crippen molar-refractivity contribution in [1.82, 2.24) is 5.32 Å². The summed E-state index contributed by atoms with van der Waals surface area (Å²) < 4.78 is 5.51. The Bertz CT molecular complexity index is 367. The second-order valence-electron chi connectivity index (χ2n) is 4.19. The molecule has 100 valence electrons. The van der Waals surface area contributed by atoms with Crippen LogP contribution < -0.4 is 15.8 Å². The predicted molar refractivity (Wildman–Crippen MR) is 73.5 cm³/mol. The number of hydrogen-bond acceptors (Lipinski definition) is 3. The summed E-state index contributed by atoms with van der Waals surface area (Å²) in [6.45, 7) is 3.38. The van der Waals surface area contributed by atoms with Crippen LogP contribution >= 0.6 is 0 Å². The zero-order valence-corrected chi connectivity index (χ0v) is 10.9. The molecule has 0 spiro atoms. The van der Waals surface area contributed by atoms with Crippen molar-refractivity contribution < 1.29 is 9.53 Å². The maximum atomic E-state index is 11.4. The van der Waals surface area contributed by atoms with Gasteiger partial charge in [-0.3, -0.25) is 4.79 Å². The van der Waals surface area contributed by atoms with Crippen LogP contribution in [0.15, 0.2) is 24.3 Å². The summed E-state index contributed by atoms with van der Waals surface area (Å²) in [7, 11) is 0. The average molecular weight is 250 g/mol. The van der Waals surface area contributed by atoms with E-state index in [9.17, 15) is 4.79 Å². The molecule has 0 saturated carbocycles. The van der Waals surface area contributed by atoms with Crippen molar-refractivity contribution in [3.8, 4) is 5.75 Å². The number of carbonyl (C=O) groups excluding carboxylic acids is 1. The fourth-order valence-electron chi connectivity index (χ4n) is 1.52. The molecule has 0 atom stereocenters. The normalized spacial score (nSPS) is 10.1. The molecule has 1 aromatic rings. The summed E-state index contributed by atoms with van der Waals surface area (Å²) in [4.78, 5) is 11.4. The lowest BCUT2D eigenvalue weighted by atomic mass is 10.3. The number of hydrogen-bond donors (Lipinski definition) is 2. The van der Waals surface area contributed by atoms with Crippen LogP contribution in [0.3, 0.4) is 0 Å².